The molecule has 0 saturated carbocycles. The summed E-state index contributed by atoms with van der Waals surface area (Å²) in [6.07, 6.45) is 4.92. The largest absolute Gasteiger partial charge is 0.493 e. The number of hydrogen-bond donors (Lipinski definition) is 1. The molecule has 0 fully saturated rings. The molecule has 0 aliphatic rings. The first-order valence-corrected chi connectivity index (χ1v) is 6.15. The maximum absolute atomic E-state index is 5.86. The van der Waals surface area contributed by atoms with E-state index in [1.165, 1.54) is 24.8 Å². The molecule has 0 atom stereocenters. The predicted octanol–water partition coefficient (Wildman–Crippen LogP) is 3.84. The Kier molecular flexibility index (Phi) is 5.17. The first-order valence-electron chi connectivity index (χ1n) is 6.15. The van der Waals surface area contributed by atoms with Crippen molar-refractivity contribution in [2.45, 2.75) is 46.5 Å². The fraction of sp³-hybridized carbons (Fsp3) is 0.571. The van der Waals surface area contributed by atoms with E-state index in [-0.39, 0.29) is 0 Å². The van der Waals surface area contributed by atoms with Crippen molar-refractivity contribution in [3.8, 4) is 5.75 Å². The summed E-state index contributed by atoms with van der Waals surface area (Å²) >= 11 is 0. The SMILES string of the molecule is CCCCCCOc1c(C)ccc(N)c1C. The Morgan fingerprint density at radius 1 is 1.12 bits per heavy atom. The number of anilines is 1. The molecule has 2 nitrogen and oxygen atoms in total. The van der Waals surface area contributed by atoms with Crippen molar-refractivity contribution in [2.75, 3.05) is 12.3 Å². The van der Waals surface area contributed by atoms with Gasteiger partial charge in [-0.05, 0) is 31.9 Å². The van der Waals surface area contributed by atoms with Crippen molar-refractivity contribution in [1.82, 2.24) is 0 Å². The quantitative estimate of drug-likeness (QED) is 0.585. The third-order valence-corrected chi connectivity index (χ3v) is 2.89. The first-order chi connectivity index (χ1) is 7.66. The van der Waals surface area contributed by atoms with Crippen molar-refractivity contribution in [3.63, 3.8) is 0 Å². The van der Waals surface area contributed by atoms with E-state index < -0.39 is 0 Å². The minimum absolute atomic E-state index is 0.797. The second-order valence-electron chi connectivity index (χ2n) is 4.33. The Balaban J connectivity index is 2.50. The fourth-order valence-electron chi connectivity index (χ4n) is 1.77. The smallest absolute Gasteiger partial charge is 0.127 e. The van der Waals surface area contributed by atoms with Crippen molar-refractivity contribution in [1.29, 1.82) is 0 Å². The summed E-state index contributed by atoms with van der Waals surface area (Å²) in [5.74, 6) is 0.969. The van der Waals surface area contributed by atoms with Gasteiger partial charge in [-0.1, -0.05) is 32.3 Å². The molecule has 1 aromatic rings. The molecule has 2 heteroatoms. The van der Waals surface area contributed by atoms with E-state index in [1.807, 2.05) is 19.1 Å². The normalized spacial score (nSPS) is 10.4. The average Bonchev–Trinajstić information content (AvgIpc) is 2.28. The van der Waals surface area contributed by atoms with Crippen LogP contribution < -0.4 is 10.5 Å². The van der Waals surface area contributed by atoms with Crippen molar-refractivity contribution in [3.05, 3.63) is 23.3 Å². The van der Waals surface area contributed by atoms with Crippen LogP contribution in [0.2, 0.25) is 0 Å². The lowest BCUT2D eigenvalue weighted by Crippen LogP contribution is -2.02. The Labute approximate surface area is 98.8 Å². The Bertz CT molecular complexity index is 334. The maximum Gasteiger partial charge on any atom is 0.127 e. The molecule has 0 saturated heterocycles. The maximum atomic E-state index is 5.86. The third kappa shape index (κ3) is 3.44. The predicted molar refractivity (Wildman–Crippen MR) is 70.0 cm³/mol. The highest BCUT2D eigenvalue weighted by molar-refractivity contribution is 5.56. The zero-order valence-corrected chi connectivity index (χ0v) is 10.7. The minimum Gasteiger partial charge on any atom is -0.493 e. The van der Waals surface area contributed by atoms with E-state index in [2.05, 4.69) is 13.8 Å². The number of benzene rings is 1. The number of ether oxygens (including phenoxy) is 1. The van der Waals surface area contributed by atoms with Crippen molar-refractivity contribution >= 4 is 5.69 Å². The van der Waals surface area contributed by atoms with E-state index in [9.17, 15) is 0 Å². The molecule has 0 amide bonds. The van der Waals surface area contributed by atoms with Crippen LogP contribution in [0.4, 0.5) is 5.69 Å². The average molecular weight is 221 g/mol. The number of aryl methyl sites for hydroxylation is 1. The Hall–Kier alpha value is -1.18. The van der Waals surface area contributed by atoms with Crippen LogP contribution in [0.1, 0.15) is 43.7 Å². The van der Waals surface area contributed by atoms with E-state index in [4.69, 9.17) is 10.5 Å². The summed E-state index contributed by atoms with van der Waals surface area (Å²) in [6.45, 7) is 7.09. The summed E-state index contributed by atoms with van der Waals surface area (Å²) in [5, 5.41) is 0. The molecule has 0 unspecified atom stereocenters. The monoisotopic (exact) mass is 221 g/mol. The van der Waals surface area contributed by atoms with Crippen LogP contribution in [-0.2, 0) is 0 Å². The summed E-state index contributed by atoms with van der Waals surface area (Å²) in [6, 6.07) is 3.96. The van der Waals surface area contributed by atoms with Crippen molar-refractivity contribution < 1.29 is 4.74 Å². The summed E-state index contributed by atoms with van der Waals surface area (Å²) < 4.78 is 5.81. The lowest BCUT2D eigenvalue weighted by Gasteiger charge is -2.13. The lowest BCUT2D eigenvalue weighted by atomic mass is 10.1. The topological polar surface area (TPSA) is 35.2 Å². The first kappa shape index (κ1) is 12.9. The van der Waals surface area contributed by atoms with Gasteiger partial charge in [0, 0.05) is 11.3 Å². The summed E-state index contributed by atoms with van der Waals surface area (Å²) in [7, 11) is 0. The van der Waals surface area contributed by atoms with Crippen LogP contribution in [-0.4, -0.2) is 6.61 Å². The molecule has 90 valence electrons. The zero-order valence-electron chi connectivity index (χ0n) is 10.7. The molecule has 1 rings (SSSR count). The van der Waals surface area contributed by atoms with Crippen LogP contribution in [0.3, 0.4) is 0 Å². The molecular weight excluding hydrogens is 198 g/mol. The molecule has 0 radical (unpaired) electrons. The van der Waals surface area contributed by atoms with E-state index in [1.54, 1.807) is 0 Å². The van der Waals surface area contributed by atoms with Gasteiger partial charge in [0.15, 0.2) is 0 Å². The molecule has 1 aromatic carbocycles. The molecule has 2 N–H and O–H groups in total. The lowest BCUT2D eigenvalue weighted by molar-refractivity contribution is 0.301. The molecule has 0 bridgehead atoms. The van der Waals surface area contributed by atoms with Crippen LogP contribution in [0.5, 0.6) is 5.75 Å². The van der Waals surface area contributed by atoms with E-state index >= 15 is 0 Å². The second kappa shape index (κ2) is 6.41. The second-order valence-corrected chi connectivity index (χ2v) is 4.33. The van der Waals surface area contributed by atoms with Gasteiger partial charge in [-0.3, -0.25) is 0 Å². The van der Waals surface area contributed by atoms with Crippen LogP contribution in [0.25, 0.3) is 0 Å². The summed E-state index contributed by atoms with van der Waals surface area (Å²) in [5.41, 5.74) is 8.91. The standard InChI is InChI=1S/C14H23NO/c1-4-5-6-7-10-16-14-11(2)8-9-13(15)12(14)3/h8-9H,4-7,10,15H2,1-3H3. The van der Waals surface area contributed by atoms with Gasteiger partial charge in [0.1, 0.15) is 5.75 Å². The van der Waals surface area contributed by atoms with Gasteiger partial charge in [0.2, 0.25) is 0 Å². The highest BCUT2D eigenvalue weighted by Crippen LogP contribution is 2.27. The van der Waals surface area contributed by atoms with Crippen molar-refractivity contribution in [2.24, 2.45) is 0 Å². The number of rotatable bonds is 6. The Morgan fingerprint density at radius 2 is 1.88 bits per heavy atom. The van der Waals surface area contributed by atoms with Gasteiger partial charge in [-0.25, -0.2) is 0 Å². The summed E-state index contributed by atoms with van der Waals surface area (Å²) in [4.78, 5) is 0. The fourth-order valence-corrected chi connectivity index (χ4v) is 1.77. The van der Waals surface area contributed by atoms with Crippen LogP contribution in [0.15, 0.2) is 12.1 Å². The number of hydrogen-bond acceptors (Lipinski definition) is 2. The van der Waals surface area contributed by atoms with E-state index in [0.717, 1.165) is 30.0 Å². The Morgan fingerprint density at radius 3 is 2.56 bits per heavy atom. The third-order valence-electron chi connectivity index (χ3n) is 2.89. The number of nitrogen functional groups attached to an aromatic ring is 1. The molecule has 0 aromatic heterocycles. The van der Waals surface area contributed by atoms with Gasteiger partial charge in [0.05, 0.1) is 6.61 Å². The molecular formula is C14H23NO. The van der Waals surface area contributed by atoms with Gasteiger partial charge < -0.3 is 10.5 Å². The van der Waals surface area contributed by atoms with Gasteiger partial charge in [-0.15, -0.1) is 0 Å². The molecule has 0 aliphatic heterocycles. The van der Waals surface area contributed by atoms with Gasteiger partial charge >= 0.3 is 0 Å². The molecule has 0 aliphatic carbocycles. The van der Waals surface area contributed by atoms with Gasteiger partial charge in [-0.2, -0.15) is 0 Å². The van der Waals surface area contributed by atoms with E-state index in [0.29, 0.717) is 0 Å². The highest BCUT2D eigenvalue weighted by atomic mass is 16.5. The van der Waals surface area contributed by atoms with Crippen LogP contribution in [0, 0.1) is 13.8 Å². The molecule has 0 heterocycles. The molecule has 0 spiro atoms. The zero-order chi connectivity index (χ0) is 12.0. The molecule has 16 heavy (non-hydrogen) atoms. The minimum atomic E-state index is 0.797. The highest BCUT2D eigenvalue weighted by Gasteiger charge is 2.06. The van der Waals surface area contributed by atoms with Gasteiger partial charge in [0.25, 0.3) is 0 Å². The number of nitrogens with two attached hydrogens (primary N) is 1. The number of unbranched alkanes of at least 4 members (excludes halogenated alkanes) is 3. The van der Waals surface area contributed by atoms with Crippen LogP contribution >= 0.6 is 0 Å².